The number of fused-ring (bicyclic) bond motifs is 1. The fourth-order valence-corrected chi connectivity index (χ4v) is 3.30. The molecule has 1 saturated carbocycles. The van der Waals surface area contributed by atoms with Gasteiger partial charge in [-0.2, -0.15) is 5.10 Å². The molecule has 2 heterocycles. The molecule has 1 aromatic heterocycles. The van der Waals surface area contributed by atoms with Crippen molar-refractivity contribution in [1.82, 2.24) is 19.6 Å². The Labute approximate surface area is 149 Å². The zero-order valence-corrected chi connectivity index (χ0v) is 15.4. The summed E-state index contributed by atoms with van der Waals surface area (Å²) in [5, 5.41) is 14.9. The lowest BCUT2D eigenvalue weighted by atomic mass is 10.1. The summed E-state index contributed by atoms with van der Waals surface area (Å²) >= 11 is 0. The SMILES string of the molecule is COCCN(C)CCC(=O)N1CCCn2nc([C@@H](O)C3CC3)cc2C1. The van der Waals surface area contributed by atoms with E-state index in [9.17, 15) is 9.90 Å². The monoisotopic (exact) mass is 350 g/mol. The normalized spacial score (nSPS) is 19.0. The highest BCUT2D eigenvalue weighted by molar-refractivity contribution is 5.76. The lowest BCUT2D eigenvalue weighted by Crippen LogP contribution is -2.34. The second-order valence-electron chi connectivity index (χ2n) is 7.28. The van der Waals surface area contributed by atoms with Crippen LogP contribution in [-0.4, -0.2) is 71.0 Å². The molecule has 7 nitrogen and oxygen atoms in total. The second-order valence-corrected chi connectivity index (χ2v) is 7.28. The minimum absolute atomic E-state index is 0.184. The van der Waals surface area contributed by atoms with E-state index in [1.807, 2.05) is 22.7 Å². The second kappa shape index (κ2) is 8.29. The molecular weight excluding hydrogens is 320 g/mol. The number of hydrogen-bond donors (Lipinski definition) is 1. The molecule has 0 unspecified atom stereocenters. The van der Waals surface area contributed by atoms with Crippen LogP contribution in [0.2, 0.25) is 0 Å². The van der Waals surface area contributed by atoms with Crippen LogP contribution in [-0.2, 0) is 22.6 Å². The number of hydrogen-bond acceptors (Lipinski definition) is 5. The van der Waals surface area contributed by atoms with E-state index >= 15 is 0 Å². The van der Waals surface area contributed by atoms with Crippen molar-refractivity contribution < 1.29 is 14.6 Å². The number of aliphatic hydroxyl groups is 1. The van der Waals surface area contributed by atoms with E-state index in [0.717, 1.165) is 56.8 Å². The molecule has 25 heavy (non-hydrogen) atoms. The highest BCUT2D eigenvalue weighted by Gasteiger charge is 2.33. The third-order valence-electron chi connectivity index (χ3n) is 5.14. The molecule has 1 aliphatic heterocycles. The molecule has 2 aliphatic rings. The molecule has 1 fully saturated rings. The molecule has 0 radical (unpaired) electrons. The van der Waals surface area contributed by atoms with Gasteiger partial charge in [-0.25, -0.2) is 0 Å². The summed E-state index contributed by atoms with van der Waals surface area (Å²) in [5.74, 6) is 0.558. The van der Waals surface area contributed by atoms with Crippen LogP contribution in [0.4, 0.5) is 0 Å². The summed E-state index contributed by atoms with van der Waals surface area (Å²) in [5.41, 5.74) is 1.80. The zero-order chi connectivity index (χ0) is 17.8. The highest BCUT2D eigenvalue weighted by Crippen LogP contribution is 2.40. The van der Waals surface area contributed by atoms with Crippen LogP contribution in [0.15, 0.2) is 6.07 Å². The van der Waals surface area contributed by atoms with E-state index in [2.05, 4.69) is 10.00 Å². The lowest BCUT2D eigenvalue weighted by molar-refractivity contribution is -0.132. The molecular formula is C18H30N4O3. The first-order valence-corrected chi connectivity index (χ1v) is 9.28. The van der Waals surface area contributed by atoms with Crippen molar-refractivity contribution in [3.8, 4) is 0 Å². The van der Waals surface area contributed by atoms with Crippen molar-refractivity contribution in [2.24, 2.45) is 5.92 Å². The lowest BCUT2D eigenvalue weighted by Gasteiger charge is -2.22. The predicted octanol–water partition coefficient (Wildman–Crippen LogP) is 1.03. The van der Waals surface area contributed by atoms with Crippen LogP contribution < -0.4 is 0 Å². The molecule has 1 aromatic rings. The average Bonchev–Trinajstić information content (AvgIpc) is 3.41. The van der Waals surface area contributed by atoms with Gasteiger partial charge < -0.3 is 19.6 Å². The van der Waals surface area contributed by atoms with Gasteiger partial charge in [-0.05, 0) is 38.3 Å². The van der Waals surface area contributed by atoms with Gasteiger partial charge in [0.05, 0.1) is 24.5 Å². The van der Waals surface area contributed by atoms with Crippen molar-refractivity contribution in [3.05, 3.63) is 17.5 Å². The quantitative estimate of drug-likeness (QED) is 0.758. The van der Waals surface area contributed by atoms with Gasteiger partial charge in [0, 0.05) is 39.7 Å². The van der Waals surface area contributed by atoms with Crippen LogP contribution >= 0.6 is 0 Å². The molecule has 140 valence electrons. The Hall–Kier alpha value is -1.44. The van der Waals surface area contributed by atoms with E-state index in [-0.39, 0.29) is 5.91 Å². The molecule has 0 saturated heterocycles. The fraction of sp³-hybridized carbons (Fsp3) is 0.778. The number of aromatic nitrogens is 2. The van der Waals surface area contributed by atoms with Crippen molar-refractivity contribution in [2.45, 2.75) is 44.9 Å². The number of likely N-dealkylation sites (N-methyl/N-ethyl adjacent to an activating group) is 1. The number of aliphatic hydroxyl groups excluding tert-OH is 1. The molecule has 1 aliphatic carbocycles. The Morgan fingerprint density at radius 1 is 1.44 bits per heavy atom. The summed E-state index contributed by atoms with van der Waals surface area (Å²) in [4.78, 5) is 16.6. The van der Waals surface area contributed by atoms with Gasteiger partial charge in [0.1, 0.15) is 6.10 Å². The van der Waals surface area contributed by atoms with E-state index in [0.29, 0.717) is 25.5 Å². The summed E-state index contributed by atoms with van der Waals surface area (Å²) < 4.78 is 7.04. The summed E-state index contributed by atoms with van der Waals surface area (Å²) in [6.07, 6.45) is 3.15. The topological polar surface area (TPSA) is 70.8 Å². The van der Waals surface area contributed by atoms with E-state index in [1.54, 1.807) is 7.11 Å². The summed E-state index contributed by atoms with van der Waals surface area (Å²) in [6, 6.07) is 1.99. The number of carbonyl (C=O) groups excluding carboxylic acids is 1. The number of rotatable bonds is 8. The van der Waals surface area contributed by atoms with Gasteiger partial charge in [0.25, 0.3) is 0 Å². The van der Waals surface area contributed by atoms with Crippen LogP contribution in [0.25, 0.3) is 0 Å². The van der Waals surface area contributed by atoms with Crippen molar-refractivity contribution >= 4 is 5.91 Å². The number of nitrogens with zero attached hydrogens (tertiary/aromatic N) is 4. The Kier molecular flexibility index (Phi) is 6.09. The molecule has 0 bridgehead atoms. The van der Waals surface area contributed by atoms with Gasteiger partial charge in [-0.15, -0.1) is 0 Å². The van der Waals surface area contributed by atoms with Gasteiger partial charge in [-0.1, -0.05) is 0 Å². The first-order chi connectivity index (χ1) is 12.1. The minimum atomic E-state index is -0.446. The molecule has 0 aromatic carbocycles. The maximum atomic E-state index is 12.6. The third kappa shape index (κ3) is 4.80. The Morgan fingerprint density at radius 2 is 2.24 bits per heavy atom. The first-order valence-electron chi connectivity index (χ1n) is 9.28. The Morgan fingerprint density at radius 3 is 2.96 bits per heavy atom. The van der Waals surface area contributed by atoms with Gasteiger partial charge in [0.2, 0.25) is 5.91 Å². The number of methoxy groups -OCH3 is 1. The standard InChI is InChI=1S/C18H30N4O3/c1-20(10-11-25-2)9-6-17(23)21-7-3-8-22-15(13-21)12-16(19-22)18(24)14-4-5-14/h12,14,18,24H,3-11,13H2,1-2H3/t18-/m0/s1. The van der Waals surface area contributed by atoms with Gasteiger partial charge in [0.15, 0.2) is 0 Å². The Balaban J connectivity index is 1.56. The molecule has 7 heteroatoms. The third-order valence-corrected chi connectivity index (χ3v) is 5.14. The summed E-state index contributed by atoms with van der Waals surface area (Å²) in [7, 11) is 3.70. The van der Waals surface area contributed by atoms with Crippen molar-refractivity contribution in [2.75, 3.05) is 40.4 Å². The number of ether oxygens (including phenoxy) is 1. The van der Waals surface area contributed by atoms with Crippen molar-refractivity contribution in [3.63, 3.8) is 0 Å². The predicted molar refractivity (Wildman–Crippen MR) is 93.9 cm³/mol. The van der Waals surface area contributed by atoms with Crippen LogP contribution in [0, 0.1) is 5.92 Å². The maximum Gasteiger partial charge on any atom is 0.224 e. The largest absolute Gasteiger partial charge is 0.386 e. The number of aryl methyl sites for hydroxylation is 1. The van der Waals surface area contributed by atoms with Gasteiger partial charge >= 0.3 is 0 Å². The van der Waals surface area contributed by atoms with E-state index in [4.69, 9.17) is 4.74 Å². The summed E-state index contributed by atoms with van der Waals surface area (Å²) in [6.45, 7) is 4.42. The zero-order valence-electron chi connectivity index (χ0n) is 15.4. The smallest absolute Gasteiger partial charge is 0.224 e. The number of amides is 1. The molecule has 1 atom stereocenters. The minimum Gasteiger partial charge on any atom is -0.386 e. The molecule has 0 spiro atoms. The van der Waals surface area contributed by atoms with Crippen LogP contribution in [0.5, 0.6) is 0 Å². The first kappa shape index (κ1) is 18.4. The Bertz CT molecular complexity index is 585. The average molecular weight is 350 g/mol. The van der Waals surface area contributed by atoms with E-state index in [1.165, 1.54) is 0 Å². The maximum absolute atomic E-state index is 12.6. The van der Waals surface area contributed by atoms with E-state index < -0.39 is 6.10 Å². The molecule has 1 N–H and O–H groups in total. The molecule has 3 rings (SSSR count). The van der Waals surface area contributed by atoms with Crippen LogP contribution in [0.3, 0.4) is 0 Å². The van der Waals surface area contributed by atoms with Crippen molar-refractivity contribution in [1.29, 1.82) is 0 Å². The highest BCUT2D eigenvalue weighted by atomic mass is 16.5. The molecule has 1 amide bonds. The van der Waals surface area contributed by atoms with Gasteiger partial charge in [-0.3, -0.25) is 9.48 Å². The number of carbonyl (C=O) groups is 1. The van der Waals surface area contributed by atoms with Crippen LogP contribution in [0.1, 0.15) is 43.2 Å². The fourth-order valence-electron chi connectivity index (χ4n) is 3.30.